The van der Waals surface area contributed by atoms with Crippen molar-refractivity contribution in [2.24, 2.45) is 11.8 Å². The maximum atomic E-state index is 6.08. The maximum Gasteiger partial charge on any atom is 0.0568 e. The summed E-state index contributed by atoms with van der Waals surface area (Å²) in [6, 6.07) is 0. The summed E-state index contributed by atoms with van der Waals surface area (Å²) in [4.78, 5) is 0. The highest BCUT2D eigenvalue weighted by Gasteiger charge is 2.25. The van der Waals surface area contributed by atoms with E-state index in [1.165, 1.54) is 12.0 Å². The minimum atomic E-state index is 0.233. The predicted octanol–water partition coefficient (Wildman–Crippen LogP) is 3.22. The second-order valence-corrected chi connectivity index (χ2v) is 4.05. The van der Waals surface area contributed by atoms with E-state index in [1.807, 2.05) is 0 Å². The van der Waals surface area contributed by atoms with Crippen LogP contribution in [0.15, 0.2) is 12.2 Å². The van der Waals surface area contributed by atoms with Gasteiger partial charge >= 0.3 is 0 Å². The van der Waals surface area contributed by atoms with Crippen molar-refractivity contribution in [2.45, 2.75) is 32.1 Å². The number of hydrogen-bond acceptors (Lipinski definition) is 0. The smallest absolute Gasteiger partial charge is 0.0568 e. The highest BCUT2D eigenvalue weighted by Crippen LogP contribution is 2.34. The third kappa shape index (κ3) is 1.54. The van der Waals surface area contributed by atoms with E-state index in [0.717, 1.165) is 12.3 Å². The van der Waals surface area contributed by atoms with Crippen molar-refractivity contribution in [3.05, 3.63) is 12.2 Å². The molecule has 1 rings (SSSR count). The van der Waals surface area contributed by atoms with Crippen LogP contribution in [0.2, 0.25) is 0 Å². The van der Waals surface area contributed by atoms with Crippen LogP contribution in [-0.2, 0) is 0 Å². The zero-order valence-electron chi connectivity index (χ0n) is 6.73. The first-order valence-corrected chi connectivity index (χ1v) is 4.36. The van der Waals surface area contributed by atoms with Crippen LogP contribution in [0.5, 0.6) is 0 Å². The van der Waals surface area contributed by atoms with Crippen LogP contribution in [-0.4, -0.2) is 5.38 Å². The first-order chi connectivity index (χ1) is 4.61. The molecule has 3 atom stereocenters. The lowest BCUT2D eigenvalue weighted by atomic mass is 9.80. The molecule has 1 aliphatic carbocycles. The standard InChI is InChI=1S/C9H15Cl/c1-6-4-7(2)9(10)8(3)5-6/h6,8-9H,2,4-5H2,1,3H3. The molecule has 0 amide bonds. The molecule has 1 saturated carbocycles. The van der Waals surface area contributed by atoms with Crippen LogP contribution < -0.4 is 0 Å². The quantitative estimate of drug-likeness (QED) is 0.375. The summed E-state index contributed by atoms with van der Waals surface area (Å²) in [5.41, 5.74) is 1.23. The SMILES string of the molecule is C=C1CC(C)CC(C)C1Cl. The second-order valence-electron chi connectivity index (χ2n) is 3.58. The van der Waals surface area contributed by atoms with Crippen LogP contribution in [0.3, 0.4) is 0 Å². The Hall–Kier alpha value is 0.0300. The van der Waals surface area contributed by atoms with Crippen molar-refractivity contribution >= 4 is 11.6 Å². The molecular formula is C9H15Cl. The Labute approximate surface area is 68.3 Å². The Kier molecular flexibility index (Phi) is 2.40. The molecular weight excluding hydrogens is 144 g/mol. The van der Waals surface area contributed by atoms with E-state index >= 15 is 0 Å². The molecule has 0 aromatic heterocycles. The van der Waals surface area contributed by atoms with E-state index in [0.29, 0.717) is 5.92 Å². The van der Waals surface area contributed by atoms with Gasteiger partial charge in [-0.3, -0.25) is 0 Å². The molecule has 1 fully saturated rings. The summed E-state index contributed by atoms with van der Waals surface area (Å²) >= 11 is 6.08. The number of halogens is 1. The summed E-state index contributed by atoms with van der Waals surface area (Å²) in [7, 11) is 0. The molecule has 0 N–H and O–H groups in total. The molecule has 0 saturated heterocycles. The lowest BCUT2D eigenvalue weighted by molar-refractivity contribution is 0.364. The summed E-state index contributed by atoms with van der Waals surface area (Å²) in [6.45, 7) is 8.44. The molecule has 1 aliphatic rings. The van der Waals surface area contributed by atoms with Crippen molar-refractivity contribution in [1.29, 1.82) is 0 Å². The lowest BCUT2D eigenvalue weighted by Crippen LogP contribution is -2.23. The van der Waals surface area contributed by atoms with Crippen LogP contribution in [0.1, 0.15) is 26.7 Å². The average molecular weight is 159 g/mol. The zero-order valence-corrected chi connectivity index (χ0v) is 7.49. The molecule has 3 unspecified atom stereocenters. The molecule has 0 aromatic rings. The average Bonchev–Trinajstić information content (AvgIpc) is 1.82. The van der Waals surface area contributed by atoms with Crippen LogP contribution in [0.25, 0.3) is 0 Å². The normalized spacial score (nSPS) is 41.9. The van der Waals surface area contributed by atoms with Gasteiger partial charge in [-0.25, -0.2) is 0 Å². The predicted molar refractivity (Wildman–Crippen MR) is 46.3 cm³/mol. The van der Waals surface area contributed by atoms with Gasteiger partial charge in [0.2, 0.25) is 0 Å². The molecule has 0 aromatic carbocycles. The fourth-order valence-corrected chi connectivity index (χ4v) is 1.99. The van der Waals surface area contributed by atoms with Crippen molar-refractivity contribution in [3.63, 3.8) is 0 Å². The minimum Gasteiger partial charge on any atom is -0.118 e. The molecule has 1 heteroatoms. The number of hydrogen-bond donors (Lipinski definition) is 0. The largest absolute Gasteiger partial charge is 0.118 e. The van der Waals surface area contributed by atoms with Gasteiger partial charge < -0.3 is 0 Å². The fraction of sp³-hybridized carbons (Fsp3) is 0.778. The molecule has 58 valence electrons. The highest BCUT2D eigenvalue weighted by atomic mass is 35.5. The van der Waals surface area contributed by atoms with E-state index in [1.54, 1.807) is 0 Å². The van der Waals surface area contributed by atoms with Crippen LogP contribution in [0.4, 0.5) is 0 Å². The fourth-order valence-electron chi connectivity index (χ4n) is 1.80. The molecule has 10 heavy (non-hydrogen) atoms. The number of alkyl halides is 1. The van der Waals surface area contributed by atoms with Crippen molar-refractivity contribution in [3.8, 4) is 0 Å². The molecule has 0 bridgehead atoms. The monoisotopic (exact) mass is 158 g/mol. The molecule has 0 heterocycles. The van der Waals surface area contributed by atoms with E-state index in [-0.39, 0.29) is 5.38 Å². The lowest BCUT2D eigenvalue weighted by Gasteiger charge is -2.30. The van der Waals surface area contributed by atoms with Crippen molar-refractivity contribution in [2.75, 3.05) is 0 Å². The van der Waals surface area contributed by atoms with E-state index in [2.05, 4.69) is 20.4 Å². The number of rotatable bonds is 0. The Morgan fingerprint density at radius 3 is 2.60 bits per heavy atom. The van der Waals surface area contributed by atoms with Gasteiger partial charge in [0.1, 0.15) is 0 Å². The summed E-state index contributed by atoms with van der Waals surface area (Å²) < 4.78 is 0. The molecule has 0 spiro atoms. The van der Waals surface area contributed by atoms with Gasteiger partial charge in [0, 0.05) is 0 Å². The van der Waals surface area contributed by atoms with Gasteiger partial charge in [0.05, 0.1) is 5.38 Å². The Bertz CT molecular complexity index is 140. The van der Waals surface area contributed by atoms with Gasteiger partial charge in [-0.2, -0.15) is 0 Å². The van der Waals surface area contributed by atoms with Crippen LogP contribution >= 0.6 is 11.6 Å². The van der Waals surface area contributed by atoms with Gasteiger partial charge in [-0.1, -0.05) is 26.0 Å². The Morgan fingerprint density at radius 1 is 1.50 bits per heavy atom. The zero-order chi connectivity index (χ0) is 7.72. The Morgan fingerprint density at radius 2 is 2.10 bits per heavy atom. The van der Waals surface area contributed by atoms with E-state index in [4.69, 9.17) is 11.6 Å². The third-order valence-corrected chi connectivity index (χ3v) is 3.01. The summed E-state index contributed by atoms with van der Waals surface area (Å²) in [5.74, 6) is 1.41. The minimum absolute atomic E-state index is 0.233. The third-order valence-electron chi connectivity index (χ3n) is 2.27. The summed E-state index contributed by atoms with van der Waals surface area (Å²) in [6.07, 6.45) is 2.38. The highest BCUT2D eigenvalue weighted by molar-refractivity contribution is 6.22. The van der Waals surface area contributed by atoms with Crippen LogP contribution in [0, 0.1) is 11.8 Å². The molecule has 0 aliphatic heterocycles. The first-order valence-electron chi connectivity index (χ1n) is 3.93. The van der Waals surface area contributed by atoms with Crippen molar-refractivity contribution in [1.82, 2.24) is 0 Å². The molecule has 0 radical (unpaired) electrons. The van der Waals surface area contributed by atoms with E-state index < -0.39 is 0 Å². The van der Waals surface area contributed by atoms with Gasteiger partial charge in [-0.15, -0.1) is 11.6 Å². The van der Waals surface area contributed by atoms with Gasteiger partial charge in [0.15, 0.2) is 0 Å². The van der Waals surface area contributed by atoms with E-state index in [9.17, 15) is 0 Å². The van der Waals surface area contributed by atoms with Gasteiger partial charge in [0.25, 0.3) is 0 Å². The topological polar surface area (TPSA) is 0 Å². The second kappa shape index (κ2) is 2.96. The summed E-state index contributed by atoms with van der Waals surface area (Å²) in [5, 5.41) is 0.233. The molecule has 0 nitrogen and oxygen atoms in total. The van der Waals surface area contributed by atoms with Gasteiger partial charge in [-0.05, 0) is 24.7 Å². The number of allylic oxidation sites excluding steroid dienone is 1. The Balaban J connectivity index is 2.57. The maximum absolute atomic E-state index is 6.08. The first kappa shape index (κ1) is 8.13. The van der Waals surface area contributed by atoms with Crippen molar-refractivity contribution < 1.29 is 0 Å².